The first-order valence-corrected chi connectivity index (χ1v) is 8.96. The van der Waals surface area contributed by atoms with E-state index in [4.69, 9.17) is 0 Å². The van der Waals surface area contributed by atoms with Crippen molar-refractivity contribution < 1.29 is 4.21 Å². The number of hydrogen-bond acceptors (Lipinski definition) is 1. The molecule has 22 heavy (non-hydrogen) atoms. The lowest BCUT2D eigenvalue weighted by molar-refractivity contribution is 0.572. The van der Waals surface area contributed by atoms with Crippen molar-refractivity contribution in [3.05, 3.63) is 71.8 Å². The van der Waals surface area contributed by atoms with Crippen molar-refractivity contribution >= 4 is 10.8 Å². The van der Waals surface area contributed by atoms with E-state index in [2.05, 4.69) is 52.0 Å². The van der Waals surface area contributed by atoms with Crippen LogP contribution in [-0.4, -0.2) is 13.7 Å². The first-order valence-electron chi connectivity index (χ1n) is 7.81. The fourth-order valence-electron chi connectivity index (χ4n) is 3.05. The molecule has 0 aliphatic heterocycles. The quantitative estimate of drug-likeness (QED) is 0.750. The van der Waals surface area contributed by atoms with Crippen LogP contribution >= 0.6 is 0 Å². The molecule has 2 rings (SSSR count). The van der Waals surface area contributed by atoms with E-state index in [1.165, 1.54) is 11.1 Å². The van der Waals surface area contributed by atoms with Crippen LogP contribution in [-0.2, 0) is 23.6 Å². The molecule has 1 nitrogen and oxygen atoms in total. The molecule has 0 atom stereocenters. The Morgan fingerprint density at radius 3 is 1.32 bits per heavy atom. The molecule has 2 aromatic rings. The van der Waals surface area contributed by atoms with E-state index in [0.717, 1.165) is 12.8 Å². The highest BCUT2D eigenvalue weighted by molar-refractivity contribution is 7.87. The minimum absolute atomic E-state index is 0.250. The fourth-order valence-corrected chi connectivity index (χ4v) is 5.15. The highest BCUT2D eigenvalue weighted by Crippen LogP contribution is 2.31. The lowest BCUT2D eigenvalue weighted by atomic mass is 10.0. The van der Waals surface area contributed by atoms with E-state index < -0.39 is 10.8 Å². The molecule has 0 bridgehead atoms. The van der Waals surface area contributed by atoms with E-state index in [1.54, 1.807) is 0 Å². The molecule has 2 heteroatoms. The first kappa shape index (κ1) is 17.0. The predicted molar refractivity (Wildman–Crippen MR) is 96.6 cm³/mol. The van der Waals surface area contributed by atoms with Crippen molar-refractivity contribution in [2.75, 3.05) is 0 Å². The molecule has 0 N–H and O–H groups in total. The SMILES string of the molecule is CC(C)(Cc1ccccc1)S(=O)C(C)(C)Cc1ccccc1. The van der Waals surface area contributed by atoms with Gasteiger partial charge >= 0.3 is 0 Å². The van der Waals surface area contributed by atoms with Gasteiger partial charge in [0, 0.05) is 20.3 Å². The Hall–Kier alpha value is -1.41. The zero-order valence-electron chi connectivity index (χ0n) is 14.0. The van der Waals surface area contributed by atoms with Gasteiger partial charge in [-0.25, -0.2) is 0 Å². The summed E-state index contributed by atoms with van der Waals surface area (Å²) in [5.41, 5.74) is 2.49. The summed E-state index contributed by atoms with van der Waals surface area (Å²) < 4.78 is 12.7. The van der Waals surface area contributed by atoms with Crippen molar-refractivity contribution in [1.82, 2.24) is 0 Å². The van der Waals surface area contributed by atoms with Gasteiger partial charge in [0.1, 0.15) is 0 Å². The molecule has 0 saturated carbocycles. The maximum absolute atomic E-state index is 13.2. The summed E-state index contributed by atoms with van der Waals surface area (Å²) in [7, 11) is -0.942. The second kappa shape index (κ2) is 6.78. The molecule has 0 spiro atoms. The molecule has 118 valence electrons. The summed E-state index contributed by atoms with van der Waals surface area (Å²) >= 11 is 0. The van der Waals surface area contributed by atoms with Gasteiger partial charge in [0.25, 0.3) is 0 Å². The number of hydrogen-bond donors (Lipinski definition) is 0. The van der Waals surface area contributed by atoms with Crippen molar-refractivity contribution in [2.24, 2.45) is 0 Å². The standard InChI is InChI=1S/C20H26OS/c1-19(2,15-17-11-7-5-8-12-17)22(21)20(3,4)16-18-13-9-6-10-14-18/h5-14H,15-16H2,1-4H3. The van der Waals surface area contributed by atoms with Gasteiger partial charge in [0.15, 0.2) is 0 Å². The average molecular weight is 314 g/mol. The Morgan fingerprint density at radius 2 is 1.00 bits per heavy atom. The molecular formula is C20H26OS. The highest BCUT2D eigenvalue weighted by Gasteiger charge is 2.37. The zero-order chi connectivity index (χ0) is 16.2. The van der Waals surface area contributed by atoms with Crippen molar-refractivity contribution in [3.8, 4) is 0 Å². The van der Waals surface area contributed by atoms with Gasteiger partial charge in [-0.2, -0.15) is 0 Å². The topological polar surface area (TPSA) is 17.1 Å². The predicted octanol–water partition coefficient (Wildman–Crippen LogP) is 4.78. The Bertz CT molecular complexity index is 559. The van der Waals surface area contributed by atoms with Crippen LogP contribution in [0.2, 0.25) is 0 Å². The molecule has 0 aliphatic rings. The van der Waals surface area contributed by atoms with Crippen molar-refractivity contribution in [2.45, 2.75) is 50.0 Å². The van der Waals surface area contributed by atoms with Crippen molar-refractivity contribution in [3.63, 3.8) is 0 Å². The third kappa shape index (κ3) is 4.30. The molecule has 0 unspecified atom stereocenters. The molecule has 0 radical (unpaired) electrons. The van der Waals surface area contributed by atoms with Crippen LogP contribution in [0.15, 0.2) is 60.7 Å². The average Bonchev–Trinajstić information content (AvgIpc) is 2.47. The van der Waals surface area contributed by atoms with E-state index in [1.807, 2.05) is 36.4 Å². The van der Waals surface area contributed by atoms with E-state index in [9.17, 15) is 4.21 Å². The summed E-state index contributed by atoms with van der Waals surface area (Å²) in [4.78, 5) is 0. The van der Waals surface area contributed by atoms with Crippen LogP contribution in [0.5, 0.6) is 0 Å². The van der Waals surface area contributed by atoms with Gasteiger partial charge in [0.05, 0.1) is 0 Å². The fraction of sp³-hybridized carbons (Fsp3) is 0.400. The summed E-state index contributed by atoms with van der Waals surface area (Å²) in [6, 6.07) is 20.7. The second-order valence-corrected chi connectivity index (χ2v) is 9.86. The smallest absolute Gasteiger partial charge is 0.0448 e. The normalized spacial score (nSPS) is 12.6. The van der Waals surface area contributed by atoms with Gasteiger partial charge in [-0.05, 0) is 51.7 Å². The van der Waals surface area contributed by atoms with Crippen LogP contribution in [0.3, 0.4) is 0 Å². The van der Waals surface area contributed by atoms with Gasteiger partial charge in [-0.15, -0.1) is 0 Å². The molecule has 0 aromatic heterocycles. The van der Waals surface area contributed by atoms with Crippen LogP contribution < -0.4 is 0 Å². The zero-order valence-corrected chi connectivity index (χ0v) is 14.8. The molecule has 0 saturated heterocycles. The van der Waals surface area contributed by atoms with Gasteiger partial charge < -0.3 is 0 Å². The molecular weight excluding hydrogens is 288 g/mol. The van der Waals surface area contributed by atoms with Gasteiger partial charge in [-0.3, -0.25) is 4.21 Å². The minimum atomic E-state index is -0.942. The molecule has 0 heterocycles. The van der Waals surface area contributed by atoms with Crippen LogP contribution in [0.1, 0.15) is 38.8 Å². The van der Waals surface area contributed by atoms with E-state index in [-0.39, 0.29) is 9.49 Å². The summed E-state index contributed by atoms with van der Waals surface area (Å²) in [5, 5.41) is 0. The summed E-state index contributed by atoms with van der Waals surface area (Å²) in [5.74, 6) is 0. The van der Waals surface area contributed by atoms with Crippen LogP contribution in [0.4, 0.5) is 0 Å². The monoisotopic (exact) mass is 314 g/mol. The molecule has 0 fully saturated rings. The minimum Gasteiger partial charge on any atom is -0.258 e. The van der Waals surface area contributed by atoms with Crippen molar-refractivity contribution in [1.29, 1.82) is 0 Å². The second-order valence-electron chi connectivity index (χ2n) is 7.11. The third-order valence-electron chi connectivity index (χ3n) is 3.95. The highest BCUT2D eigenvalue weighted by atomic mass is 32.2. The Labute approximate surface area is 137 Å². The van der Waals surface area contributed by atoms with E-state index in [0.29, 0.717) is 0 Å². The third-order valence-corrected chi connectivity index (χ3v) is 6.25. The van der Waals surface area contributed by atoms with Crippen LogP contribution in [0.25, 0.3) is 0 Å². The first-order chi connectivity index (χ1) is 10.3. The largest absolute Gasteiger partial charge is 0.258 e. The maximum Gasteiger partial charge on any atom is 0.0448 e. The van der Waals surface area contributed by atoms with E-state index >= 15 is 0 Å². The lowest BCUT2D eigenvalue weighted by Crippen LogP contribution is -2.43. The Balaban J connectivity index is 2.14. The summed E-state index contributed by atoms with van der Waals surface area (Å²) in [6.45, 7) is 8.46. The van der Waals surface area contributed by atoms with Gasteiger partial charge in [0.2, 0.25) is 0 Å². The van der Waals surface area contributed by atoms with Crippen LogP contribution in [0, 0.1) is 0 Å². The number of rotatable bonds is 6. The Kier molecular flexibility index (Phi) is 5.23. The Morgan fingerprint density at radius 1 is 0.682 bits per heavy atom. The molecule has 0 aliphatic carbocycles. The number of benzene rings is 2. The molecule has 2 aromatic carbocycles. The maximum atomic E-state index is 13.2. The van der Waals surface area contributed by atoms with Gasteiger partial charge in [-0.1, -0.05) is 60.7 Å². The summed E-state index contributed by atoms with van der Waals surface area (Å²) in [6.07, 6.45) is 1.66. The molecule has 0 amide bonds. The lowest BCUT2D eigenvalue weighted by Gasteiger charge is -2.34.